The Morgan fingerprint density at radius 1 is 1.50 bits per heavy atom. The zero-order chi connectivity index (χ0) is 13.0. The lowest BCUT2D eigenvalue weighted by Gasteiger charge is -2.31. The number of aromatic carboxylic acids is 1. The lowest BCUT2D eigenvalue weighted by molar-refractivity contribution is 0.0689. The maximum Gasteiger partial charge on any atom is 0.354 e. The molecular weight excluding hydrogens is 228 g/mol. The number of nitrogens with zero attached hydrogens (tertiary/aromatic N) is 2. The maximum absolute atomic E-state index is 10.9. The topological polar surface area (TPSA) is 53.4 Å². The van der Waals surface area contributed by atoms with E-state index in [4.69, 9.17) is 5.11 Å². The molecule has 18 heavy (non-hydrogen) atoms. The number of carbonyl (C=O) groups is 1. The van der Waals surface area contributed by atoms with Crippen LogP contribution in [0.3, 0.4) is 0 Å². The number of hydrogen-bond donors (Lipinski definition) is 1. The smallest absolute Gasteiger partial charge is 0.354 e. The lowest BCUT2D eigenvalue weighted by atomic mass is 9.85. The molecule has 1 heterocycles. The van der Waals surface area contributed by atoms with Crippen molar-refractivity contribution in [1.82, 2.24) is 9.88 Å². The Balaban J connectivity index is 1.97. The first-order valence-electron chi connectivity index (χ1n) is 6.60. The number of hydrogen-bond acceptors (Lipinski definition) is 3. The first-order chi connectivity index (χ1) is 8.69. The van der Waals surface area contributed by atoms with Crippen molar-refractivity contribution < 1.29 is 9.90 Å². The van der Waals surface area contributed by atoms with Gasteiger partial charge in [-0.05, 0) is 37.4 Å². The molecule has 2 rings (SSSR count). The first-order valence-corrected chi connectivity index (χ1v) is 6.60. The molecule has 0 saturated heterocycles. The van der Waals surface area contributed by atoms with Crippen LogP contribution in [0.1, 0.15) is 42.4 Å². The van der Waals surface area contributed by atoms with Crippen molar-refractivity contribution >= 4 is 5.97 Å². The summed E-state index contributed by atoms with van der Waals surface area (Å²) in [5.41, 5.74) is 0.975. The molecule has 1 aromatic rings. The second-order valence-corrected chi connectivity index (χ2v) is 4.94. The highest BCUT2D eigenvalue weighted by Gasteiger charge is 2.20. The monoisotopic (exact) mass is 248 g/mol. The molecule has 98 valence electrons. The summed E-state index contributed by atoms with van der Waals surface area (Å²) in [6.45, 7) is 4.97. The zero-order valence-electron chi connectivity index (χ0n) is 10.8. The van der Waals surface area contributed by atoms with Gasteiger partial charge in [0.2, 0.25) is 0 Å². The molecule has 0 unspecified atom stereocenters. The molecule has 0 aliphatic heterocycles. The molecule has 1 aliphatic carbocycles. The van der Waals surface area contributed by atoms with Gasteiger partial charge in [0.15, 0.2) is 0 Å². The van der Waals surface area contributed by atoms with Gasteiger partial charge >= 0.3 is 5.97 Å². The predicted octanol–water partition coefficient (Wildman–Crippen LogP) is 2.40. The summed E-state index contributed by atoms with van der Waals surface area (Å²) in [5, 5.41) is 8.92. The van der Waals surface area contributed by atoms with Gasteiger partial charge in [-0.1, -0.05) is 19.4 Å². The van der Waals surface area contributed by atoms with E-state index in [9.17, 15) is 4.79 Å². The van der Waals surface area contributed by atoms with E-state index < -0.39 is 5.97 Å². The molecule has 1 fully saturated rings. The van der Waals surface area contributed by atoms with Crippen molar-refractivity contribution in [3.8, 4) is 0 Å². The van der Waals surface area contributed by atoms with Crippen LogP contribution in [-0.2, 0) is 6.54 Å². The second kappa shape index (κ2) is 5.96. The molecule has 1 saturated carbocycles. The molecule has 1 N–H and O–H groups in total. The van der Waals surface area contributed by atoms with Crippen molar-refractivity contribution in [2.45, 2.75) is 32.7 Å². The fourth-order valence-electron chi connectivity index (χ4n) is 2.26. The number of aromatic nitrogens is 1. The molecule has 0 bridgehead atoms. The van der Waals surface area contributed by atoms with E-state index in [-0.39, 0.29) is 5.69 Å². The number of rotatable bonds is 6. The van der Waals surface area contributed by atoms with Gasteiger partial charge in [0, 0.05) is 13.1 Å². The van der Waals surface area contributed by atoms with E-state index in [0.29, 0.717) is 0 Å². The molecule has 4 nitrogen and oxygen atoms in total. The SMILES string of the molecule is CCN(Cc1cccc(C(=O)O)n1)CC1CCC1. The Morgan fingerprint density at radius 3 is 2.83 bits per heavy atom. The standard InChI is InChI=1S/C14H20N2O2/c1-2-16(9-11-5-3-6-11)10-12-7-4-8-13(15-12)14(17)18/h4,7-8,11H,2-3,5-6,9-10H2,1H3,(H,17,18). The van der Waals surface area contributed by atoms with E-state index >= 15 is 0 Å². The first kappa shape index (κ1) is 13.0. The largest absolute Gasteiger partial charge is 0.477 e. The van der Waals surface area contributed by atoms with Crippen LogP contribution in [0.4, 0.5) is 0 Å². The molecule has 0 spiro atoms. The van der Waals surface area contributed by atoms with E-state index in [1.54, 1.807) is 6.07 Å². The van der Waals surface area contributed by atoms with Crippen molar-refractivity contribution in [3.63, 3.8) is 0 Å². The Labute approximate surface area is 108 Å². The van der Waals surface area contributed by atoms with Gasteiger partial charge in [0.05, 0.1) is 5.69 Å². The quantitative estimate of drug-likeness (QED) is 0.840. The van der Waals surface area contributed by atoms with Crippen molar-refractivity contribution in [2.24, 2.45) is 5.92 Å². The molecule has 0 radical (unpaired) electrons. The summed E-state index contributed by atoms with van der Waals surface area (Å²) in [7, 11) is 0. The molecule has 0 aromatic carbocycles. The fraction of sp³-hybridized carbons (Fsp3) is 0.571. The van der Waals surface area contributed by atoms with Crippen molar-refractivity contribution in [3.05, 3.63) is 29.6 Å². The minimum Gasteiger partial charge on any atom is -0.477 e. The molecule has 4 heteroatoms. The van der Waals surface area contributed by atoms with Crippen LogP contribution in [0.2, 0.25) is 0 Å². The number of carboxylic acid groups (broad SMARTS) is 1. The minimum absolute atomic E-state index is 0.132. The third-order valence-corrected chi connectivity index (χ3v) is 3.60. The summed E-state index contributed by atoms with van der Waals surface area (Å²) in [4.78, 5) is 17.4. The van der Waals surface area contributed by atoms with Gasteiger partial charge in [-0.25, -0.2) is 9.78 Å². The van der Waals surface area contributed by atoms with Crippen LogP contribution >= 0.6 is 0 Å². The maximum atomic E-state index is 10.9. The third-order valence-electron chi connectivity index (χ3n) is 3.60. The van der Waals surface area contributed by atoms with E-state index in [2.05, 4.69) is 16.8 Å². The molecule has 0 amide bonds. The predicted molar refractivity (Wildman–Crippen MR) is 69.5 cm³/mol. The molecule has 1 aliphatic rings. The summed E-state index contributed by atoms with van der Waals surface area (Å²) in [6.07, 6.45) is 4.02. The third kappa shape index (κ3) is 3.29. The van der Waals surface area contributed by atoms with E-state index in [1.165, 1.54) is 25.3 Å². The Bertz CT molecular complexity index is 416. The normalized spacial score (nSPS) is 15.7. The molecule has 1 aromatic heterocycles. The zero-order valence-corrected chi connectivity index (χ0v) is 10.8. The van der Waals surface area contributed by atoms with Gasteiger partial charge in [0.25, 0.3) is 0 Å². The van der Waals surface area contributed by atoms with Gasteiger partial charge < -0.3 is 5.11 Å². The van der Waals surface area contributed by atoms with Crippen molar-refractivity contribution in [2.75, 3.05) is 13.1 Å². The number of pyridine rings is 1. The van der Waals surface area contributed by atoms with E-state index in [0.717, 1.165) is 31.2 Å². The number of carboxylic acids is 1. The van der Waals surface area contributed by atoms with Crippen LogP contribution in [0, 0.1) is 5.92 Å². The van der Waals surface area contributed by atoms with E-state index in [1.807, 2.05) is 6.07 Å². The van der Waals surface area contributed by atoms with Gasteiger partial charge in [-0.2, -0.15) is 0 Å². The van der Waals surface area contributed by atoms with Gasteiger partial charge in [0.1, 0.15) is 5.69 Å². The van der Waals surface area contributed by atoms with Gasteiger partial charge in [-0.15, -0.1) is 0 Å². The molecular formula is C14H20N2O2. The Hall–Kier alpha value is -1.42. The van der Waals surface area contributed by atoms with Crippen LogP contribution < -0.4 is 0 Å². The highest BCUT2D eigenvalue weighted by molar-refractivity contribution is 5.85. The second-order valence-electron chi connectivity index (χ2n) is 4.94. The highest BCUT2D eigenvalue weighted by Crippen LogP contribution is 2.27. The Kier molecular flexibility index (Phi) is 4.31. The summed E-state index contributed by atoms with van der Waals surface area (Å²) < 4.78 is 0. The lowest BCUT2D eigenvalue weighted by Crippen LogP contribution is -2.32. The van der Waals surface area contributed by atoms with Crippen LogP contribution in [0.15, 0.2) is 18.2 Å². The van der Waals surface area contributed by atoms with Gasteiger partial charge in [-0.3, -0.25) is 4.90 Å². The summed E-state index contributed by atoms with van der Waals surface area (Å²) in [6, 6.07) is 5.20. The average Bonchev–Trinajstić information content (AvgIpc) is 2.32. The summed E-state index contributed by atoms with van der Waals surface area (Å²) in [5.74, 6) is -0.133. The fourth-order valence-corrected chi connectivity index (χ4v) is 2.26. The van der Waals surface area contributed by atoms with Crippen LogP contribution in [0.5, 0.6) is 0 Å². The highest BCUT2D eigenvalue weighted by atomic mass is 16.4. The van der Waals surface area contributed by atoms with Crippen LogP contribution in [0.25, 0.3) is 0 Å². The van der Waals surface area contributed by atoms with Crippen LogP contribution in [-0.4, -0.2) is 34.0 Å². The summed E-state index contributed by atoms with van der Waals surface area (Å²) >= 11 is 0. The van der Waals surface area contributed by atoms with Crippen molar-refractivity contribution in [1.29, 1.82) is 0 Å². The molecule has 0 atom stereocenters. The Morgan fingerprint density at radius 2 is 2.28 bits per heavy atom. The average molecular weight is 248 g/mol. The minimum atomic E-state index is -0.959.